The first kappa shape index (κ1) is 14.3. The maximum absolute atomic E-state index is 12.3. The van der Waals surface area contributed by atoms with Crippen molar-refractivity contribution in [1.82, 2.24) is 9.88 Å². The molecule has 1 unspecified atom stereocenters. The number of carbonyl (C=O) groups is 2. The van der Waals surface area contributed by atoms with E-state index in [-0.39, 0.29) is 29.4 Å². The van der Waals surface area contributed by atoms with E-state index in [4.69, 9.17) is 17.2 Å². The summed E-state index contributed by atoms with van der Waals surface area (Å²) >= 11 is 1.18. The zero-order valence-electron chi connectivity index (χ0n) is 10.8. The number of hydrogen-bond donors (Lipinski definition) is 3. The highest BCUT2D eigenvalue weighted by atomic mass is 32.1. The van der Waals surface area contributed by atoms with E-state index in [0.29, 0.717) is 18.2 Å². The molecule has 0 aliphatic carbocycles. The number of guanidine groups is 1. The zero-order chi connectivity index (χ0) is 14.7. The minimum absolute atomic E-state index is 0.106. The second kappa shape index (κ2) is 5.87. The van der Waals surface area contributed by atoms with E-state index in [9.17, 15) is 9.59 Å². The molecule has 1 aliphatic heterocycles. The topological polar surface area (TPSA) is 141 Å². The van der Waals surface area contributed by atoms with E-state index in [1.165, 1.54) is 11.3 Å². The normalized spacial score (nSPS) is 18.6. The predicted octanol–water partition coefficient (Wildman–Crippen LogP) is -0.614. The number of piperidine rings is 1. The summed E-state index contributed by atoms with van der Waals surface area (Å²) in [6, 6.07) is 0. The smallest absolute Gasteiger partial charge is 0.273 e. The van der Waals surface area contributed by atoms with Crippen LogP contribution in [0, 0.1) is 5.92 Å². The molecule has 0 bridgehead atoms. The Balaban J connectivity index is 2.09. The van der Waals surface area contributed by atoms with Gasteiger partial charge in [-0.05, 0) is 12.8 Å². The second-order valence-electron chi connectivity index (χ2n) is 4.54. The lowest BCUT2D eigenvalue weighted by molar-refractivity contribution is -0.123. The van der Waals surface area contributed by atoms with Gasteiger partial charge < -0.3 is 22.1 Å². The quantitative estimate of drug-likeness (QED) is 0.504. The average Bonchev–Trinajstić information content (AvgIpc) is 2.85. The summed E-state index contributed by atoms with van der Waals surface area (Å²) in [6.45, 7) is 0.932. The Morgan fingerprint density at radius 3 is 2.80 bits per heavy atom. The highest BCUT2D eigenvalue weighted by Gasteiger charge is 2.28. The van der Waals surface area contributed by atoms with Gasteiger partial charge in [0.1, 0.15) is 5.69 Å². The molecule has 2 rings (SSSR count). The molecule has 0 aromatic carbocycles. The van der Waals surface area contributed by atoms with Crippen molar-refractivity contribution in [1.29, 1.82) is 0 Å². The molecule has 2 heterocycles. The Bertz CT molecular complexity index is 551. The second-order valence-corrected chi connectivity index (χ2v) is 5.38. The number of hydrogen-bond acceptors (Lipinski definition) is 5. The van der Waals surface area contributed by atoms with Gasteiger partial charge in [-0.2, -0.15) is 4.99 Å². The lowest BCUT2D eigenvalue weighted by Crippen LogP contribution is -2.44. The van der Waals surface area contributed by atoms with Crippen LogP contribution in [-0.2, 0) is 4.79 Å². The van der Waals surface area contributed by atoms with Gasteiger partial charge in [0, 0.05) is 18.5 Å². The van der Waals surface area contributed by atoms with Crippen LogP contribution in [0.4, 0.5) is 5.13 Å². The number of nitrogens with two attached hydrogens (primary N) is 3. The van der Waals surface area contributed by atoms with Crippen LogP contribution in [0.1, 0.15) is 23.3 Å². The van der Waals surface area contributed by atoms with Crippen molar-refractivity contribution in [3.05, 3.63) is 11.1 Å². The van der Waals surface area contributed by atoms with Crippen molar-refractivity contribution >= 4 is 34.2 Å². The highest BCUT2D eigenvalue weighted by molar-refractivity contribution is 7.13. The van der Waals surface area contributed by atoms with Crippen LogP contribution in [0.2, 0.25) is 0 Å². The molecule has 2 amide bonds. The van der Waals surface area contributed by atoms with E-state index in [1.54, 1.807) is 10.3 Å². The van der Waals surface area contributed by atoms with Crippen molar-refractivity contribution in [3.8, 4) is 0 Å². The molecular weight excluding hydrogens is 280 g/mol. The fourth-order valence-electron chi connectivity index (χ4n) is 2.08. The lowest BCUT2D eigenvalue weighted by atomic mass is 9.97. The van der Waals surface area contributed by atoms with Gasteiger partial charge in [0.2, 0.25) is 11.0 Å². The summed E-state index contributed by atoms with van der Waals surface area (Å²) in [4.78, 5) is 32.9. The van der Waals surface area contributed by atoms with Crippen LogP contribution < -0.4 is 17.2 Å². The molecule has 9 heteroatoms. The third kappa shape index (κ3) is 3.23. The van der Waals surface area contributed by atoms with Gasteiger partial charge in [-0.1, -0.05) is 0 Å². The highest BCUT2D eigenvalue weighted by Crippen LogP contribution is 2.22. The monoisotopic (exact) mass is 296 g/mol. The molecular formula is C11H16N6O2S. The predicted molar refractivity (Wildman–Crippen MR) is 75.4 cm³/mol. The van der Waals surface area contributed by atoms with Crippen LogP contribution in [0.25, 0.3) is 0 Å². The SMILES string of the molecule is NC(=O)C1CCCN(C(=O)c2csc(N=C(N)N)n2)C1. The fraction of sp³-hybridized carbons (Fsp3) is 0.455. The minimum Gasteiger partial charge on any atom is -0.370 e. The van der Waals surface area contributed by atoms with Gasteiger partial charge in [-0.25, -0.2) is 4.98 Å². The molecule has 8 nitrogen and oxygen atoms in total. The molecule has 1 aliphatic rings. The molecule has 1 fully saturated rings. The number of amides is 2. The first-order valence-corrected chi connectivity index (χ1v) is 6.99. The number of rotatable bonds is 3. The Labute approximate surface area is 119 Å². The van der Waals surface area contributed by atoms with Gasteiger partial charge in [0.25, 0.3) is 5.91 Å². The molecule has 0 spiro atoms. The number of primary amides is 1. The summed E-state index contributed by atoms with van der Waals surface area (Å²) < 4.78 is 0. The molecule has 1 aromatic rings. The first-order chi connectivity index (χ1) is 9.47. The summed E-state index contributed by atoms with van der Waals surface area (Å²) in [5.41, 5.74) is 16.1. The van der Waals surface area contributed by atoms with E-state index in [1.807, 2.05) is 0 Å². The standard InChI is InChI=1S/C11H16N6O2S/c12-8(18)6-2-1-3-17(4-6)9(19)7-5-20-11(15-7)16-10(13)14/h5-6H,1-4H2,(H2,12,18)(H4,13,14,15,16). The van der Waals surface area contributed by atoms with E-state index < -0.39 is 0 Å². The van der Waals surface area contributed by atoms with Crippen LogP contribution in [0.5, 0.6) is 0 Å². The van der Waals surface area contributed by atoms with Crippen LogP contribution >= 0.6 is 11.3 Å². The number of aliphatic imine (C=N–C) groups is 1. The minimum atomic E-state index is -0.373. The van der Waals surface area contributed by atoms with Crippen molar-refractivity contribution in [2.45, 2.75) is 12.8 Å². The molecule has 0 saturated carbocycles. The van der Waals surface area contributed by atoms with Crippen molar-refractivity contribution in [2.24, 2.45) is 28.1 Å². The summed E-state index contributed by atoms with van der Waals surface area (Å²) in [5.74, 6) is -1.00. The molecule has 20 heavy (non-hydrogen) atoms. The number of likely N-dealkylation sites (tertiary alicyclic amines) is 1. The van der Waals surface area contributed by atoms with Gasteiger partial charge in [-0.15, -0.1) is 11.3 Å². The molecule has 1 atom stereocenters. The molecule has 6 N–H and O–H groups in total. The number of aromatic nitrogens is 1. The molecule has 1 aromatic heterocycles. The summed E-state index contributed by atoms with van der Waals surface area (Å²) in [6.07, 6.45) is 1.47. The Kier molecular flexibility index (Phi) is 4.18. The van der Waals surface area contributed by atoms with Gasteiger partial charge >= 0.3 is 0 Å². The fourth-order valence-corrected chi connectivity index (χ4v) is 2.76. The van der Waals surface area contributed by atoms with Crippen molar-refractivity contribution in [3.63, 3.8) is 0 Å². The summed E-state index contributed by atoms with van der Waals surface area (Å²) in [5, 5.41) is 1.93. The van der Waals surface area contributed by atoms with Crippen molar-refractivity contribution < 1.29 is 9.59 Å². The lowest BCUT2D eigenvalue weighted by Gasteiger charge is -2.30. The Morgan fingerprint density at radius 2 is 2.15 bits per heavy atom. The van der Waals surface area contributed by atoms with Crippen molar-refractivity contribution in [2.75, 3.05) is 13.1 Å². The zero-order valence-corrected chi connectivity index (χ0v) is 11.6. The number of thiazole rings is 1. The van der Waals surface area contributed by atoms with Gasteiger partial charge in [-0.3, -0.25) is 9.59 Å². The van der Waals surface area contributed by atoms with Gasteiger partial charge in [0.05, 0.1) is 5.92 Å². The molecule has 108 valence electrons. The van der Waals surface area contributed by atoms with E-state index in [2.05, 4.69) is 9.98 Å². The Hall–Kier alpha value is -2.16. The van der Waals surface area contributed by atoms with E-state index in [0.717, 1.165) is 12.8 Å². The summed E-state index contributed by atoms with van der Waals surface area (Å²) in [7, 11) is 0. The maximum atomic E-state index is 12.3. The third-order valence-electron chi connectivity index (χ3n) is 3.05. The van der Waals surface area contributed by atoms with E-state index >= 15 is 0 Å². The van der Waals surface area contributed by atoms with Crippen LogP contribution in [0.3, 0.4) is 0 Å². The maximum Gasteiger partial charge on any atom is 0.273 e. The average molecular weight is 296 g/mol. The third-order valence-corrected chi connectivity index (χ3v) is 3.78. The number of nitrogens with zero attached hydrogens (tertiary/aromatic N) is 3. The van der Waals surface area contributed by atoms with Crippen LogP contribution in [-0.4, -0.2) is 40.7 Å². The molecule has 0 radical (unpaired) electrons. The first-order valence-electron chi connectivity index (χ1n) is 6.11. The van der Waals surface area contributed by atoms with Crippen LogP contribution in [0.15, 0.2) is 10.4 Å². The largest absolute Gasteiger partial charge is 0.370 e. The molecule has 1 saturated heterocycles. The number of carbonyl (C=O) groups excluding carboxylic acids is 2. The Morgan fingerprint density at radius 1 is 1.40 bits per heavy atom. The van der Waals surface area contributed by atoms with Gasteiger partial charge in [0.15, 0.2) is 5.96 Å².